The molecule has 28 heavy (non-hydrogen) atoms. The highest BCUT2D eigenvalue weighted by Crippen LogP contribution is 2.25. The lowest BCUT2D eigenvalue weighted by Crippen LogP contribution is -2.46. The van der Waals surface area contributed by atoms with Crippen molar-refractivity contribution in [1.82, 2.24) is 4.90 Å². The van der Waals surface area contributed by atoms with Crippen molar-refractivity contribution in [2.75, 3.05) is 23.9 Å². The van der Waals surface area contributed by atoms with Crippen molar-refractivity contribution in [2.45, 2.75) is 31.6 Å². The second-order valence-corrected chi connectivity index (χ2v) is 9.25. The molecule has 0 aliphatic carbocycles. The summed E-state index contributed by atoms with van der Waals surface area (Å²) in [7, 11) is -3.97. The maximum absolute atomic E-state index is 13.4. The highest BCUT2D eigenvalue weighted by atomic mass is 32.2. The Balaban J connectivity index is 1.94. The van der Waals surface area contributed by atoms with Crippen molar-refractivity contribution in [3.05, 3.63) is 59.9 Å². The maximum atomic E-state index is 13.4. The molecule has 1 amide bonds. The van der Waals surface area contributed by atoms with Crippen LogP contribution in [0.3, 0.4) is 0 Å². The second kappa shape index (κ2) is 8.31. The van der Waals surface area contributed by atoms with Gasteiger partial charge in [0, 0.05) is 13.1 Å². The number of nitrogens with zero attached hydrogens (tertiary/aromatic N) is 2. The number of benzene rings is 2. The van der Waals surface area contributed by atoms with Crippen LogP contribution in [0.15, 0.2) is 53.4 Å². The minimum atomic E-state index is -3.97. The number of piperidine rings is 1. The van der Waals surface area contributed by atoms with Crippen LogP contribution in [0, 0.1) is 18.7 Å². The Morgan fingerprint density at radius 1 is 1.14 bits per heavy atom. The molecule has 5 nitrogen and oxygen atoms in total. The zero-order valence-electron chi connectivity index (χ0n) is 16.1. The number of carbonyl (C=O) groups excluding carboxylic acids is 1. The van der Waals surface area contributed by atoms with Crippen molar-refractivity contribution < 1.29 is 17.6 Å². The maximum Gasteiger partial charge on any atom is 0.264 e. The van der Waals surface area contributed by atoms with Gasteiger partial charge in [0.1, 0.15) is 12.4 Å². The monoisotopic (exact) mass is 404 g/mol. The first-order chi connectivity index (χ1) is 13.3. The lowest BCUT2D eigenvalue weighted by molar-refractivity contribution is -0.131. The lowest BCUT2D eigenvalue weighted by Gasteiger charge is -2.33. The summed E-state index contributed by atoms with van der Waals surface area (Å²) in [5.74, 6) is -0.315. The van der Waals surface area contributed by atoms with Gasteiger partial charge in [-0.25, -0.2) is 12.8 Å². The van der Waals surface area contributed by atoms with Crippen LogP contribution in [0.2, 0.25) is 0 Å². The first-order valence-electron chi connectivity index (χ1n) is 9.40. The molecule has 0 saturated carbocycles. The highest BCUT2D eigenvalue weighted by molar-refractivity contribution is 7.92. The summed E-state index contributed by atoms with van der Waals surface area (Å²) in [6, 6.07) is 11.6. The molecule has 0 aromatic heterocycles. The summed E-state index contributed by atoms with van der Waals surface area (Å²) >= 11 is 0. The number of aryl methyl sites for hydroxylation is 1. The molecule has 0 spiro atoms. The number of hydrogen-bond acceptors (Lipinski definition) is 3. The van der Waals surface area contributed by atoms with E-state index in [1.54, 1.807) is 17.0 Å². The number of amides is 1. The number of carbonyl (C=O) groups is 1. The fraction of sp³-hybridized carbons (Fsp3) is 0.381. The van der Waals surface area contributed by atoms with Gasteiger partial charge in [-0.15, -0.1) is 0 Å². The highest BCUT2D eigenvalue weighted by Gasteiger charge is 2.30. The zero-order valence-corrected chi connectivity index (χ0v) is 17.0. The molecule has 1 aliphatic heterocycles. The van der Waals surface area contributed by atoms with Gasteiger partial charge in [-0.2, -0.15) is 0 Å². The van der Waals surface area contributed by atoms with E-state index in [-0.39, 0.29) is 23.0 Å². The molecule has 150 valence electrons. The van der Waals surface area contributed by atoms with Gasteiger partial charge >= 0.3 is 0 Å². The summed E-state index contributed by atoms with van der Waals surface area (Å²) in [6.45, 7) is 4.90. The molecule has 1 aliphatic rings. The van der Waals surface area contributed by atoms with Gasteiger partial charge in [-0.05, 0) is 62.1 Å². The molecule has 1 saturated heterocycles. The van der Waals surface area contributed by atoms with Crippen molar-refractivity contribution in [3.8, 4) is 0 Å². The van der Waals surface area contributed by atoms with Crippen LogP contribution in [0.25, 0.3) is 0 Å². The van der Waals surface area contributed by atoms with E-state index in [0.717, 1.165) is 22.7 Å². The third-order valence-electron chi connectivity index (χ3n) is 5.01. The number of rotatable bonds is 5. The SMILES string of the molecule is Cc1ccc(S(=O)(=O)N(CC(=O)N2CCC[C@@H](C)C2)c2ccc(F)cc2)cc1. The van der Waals surface area contributed by atoms with Crippen molar-refractivity contribution in [2.24, 2.45) is 5.92 Å². The molecule has 1 fully saturated rings. The molecular formula is C21H25FN2O3S. The predicted molar refractivity (Wildman–Crippen MR) is 107 cm³/mol. The van der Waals surface area contributed by atoms with Gasteiger partial charge in [-0.1, -0.05) is 24.6 Å². The van der Waals surface area contributed by atoms with E-state index in [0.29, 0.717) is 19.0 Å². The van der Waals surface area contributed by atoms with Crippen LogP contribution >= 0.6 is 0 Å². The van der Waals surface area contributed by atoms with Crippen LogP contribution in [-0.4, -0.2) is 38.9 Å². The molecule has 1 atom stereocenters. The van der Waals surface area contributed by atoms with Gasteiger partial charge in [-0.3, -0.25) is 9.10 Å². The third-order valence-corrected chi connectivity index (χ3v) is 6.80. The quantitative estimate of drug-likeness (QED) is 0.765. The van der Waals surface area contributed by atoms with Gasteiger partial charge in [0.05, 0.1) is 10.6 Å². The molecule has 7 heteroatoms. The number of anilines is 1. The Kier molecular flexibility index (Phi) is 6.03. The largest absolute Gasteiger partial charge is 0.341 e. The first kappa shape index (κ1) is 20.3. The Bertz CT molecular complexity index is 927. The number of hydrogen-bond donors (Lipinski definition) is 0. The Hall–Kier alpha value is -2.41. The van der Waals surface area contributed by atoms with Gasteiger partial charge in [0.15, 0.2) is 0 Å². The number of sulfonamides is 1. The molecule has 3 rings (SSSR count). The average Bonchev–Trinajstić information content (AvgIpc) is 2.67. The minimum absolute atomic E-state index is 0.0993. The lowest BCUT2D eigenvalue weighted by atomic mass is 10.0. The number of halogens is 1. The van der Waals surface area contributed by atoms with E-state index in [1.807, 2.05) is 6.92 Å². The molecule has 0 N–H and O–H groups in total. The van der Waals surface area contributed by atoms with E-state index < -0.39 is 15.8 Å². The molecule has 0 radical (unpaired) electrons. The average molecular weight is 405 g/mol. The van der Waals surface area contributed by atoms with E-state index in [4.69, 9.17) is 0 Å². The fourth-order valence-corrected chi connectivity index (χ4v) is 4.81. The van der Waals surface area contributed by atoms with Crippen molar-refractivity contribution >= 4 is 21.6 Å². The summed E-state index contributed by atoms with van der Waals surface area (Å²) < 4.78 is 41.0. The molecule has 0 unspecified atom stereocenters. The van der Waals surface area contributed by atoms with E-state index in [2.05, 4.69) is 6.92 Å². The normalized spacial score (nSPS) is 17.4. The van der Waals surface area contributed by atoms with Gasteiger partial charge < -0.3 is 4.90 Å². The Morgan fingerprint density at radius 3 is 2.39 bits per heavy atom. The predicted octanol–water partition coefficient (Wildman–Crippen LogP) is 3.59. The molecule has 2 aromatic carbocycles. The Morgan fingerprint density at radius 2 is 1.79 bits per heavy atom. The second-order valence-electron chi connectivity index (χ2n) is 7.39. The summed E-state index contributed by atoms with van der Waals surface area (Å²) in [5.41, 5.74) is 1.20. The summed E-state index contributed by atoms with van der Waals surface area (Å²) in [6.07, 6.45) is 1.97. The molecule has 0 bridgehead atoms. The first-order valence-corrected chi connectivity index (χ1v) is 10.8. The Labute approximate surface area is 165 Å². The van der Waals surface area contributed by atoms with Gasteiger partial charge in [0.25, 0.3) is 10.0 Å². The van der Waals surface area contributed by atoms with Crippen LogP contribution in [0.4, 0.5) is 10.1 Å². The van der Waals surface area contributed by atoms with E-state index in [1.165, 1.54) is 36.4 Å². The standard InChI is InChI=1S/C21H25FN2O3S/c1-16-5-11-20(12-6-16)28(26,27)24(19-9-7-18(22)8-10-19)15-21(25)23-13-3-4-17(2)14-23/h5-12,17H,3-4,13-15H2,1-2H3/t17-/m1/s1. The summed E-state index contributed by atoms with van der Waals surface area (Å²) in [5, 5.41) is 0. The van der Waals surface area contributed by atoms with Crippen LogP contribution in [-0.2, 0) is 14.8 Å². The zero-order chi connectivity index (χ0) is 20.3. The minimum Gasteiger partial charge on any atom is -0.341 e. The topological polar surface area (TPSA) is 57.7 Å². The van der Waals surface area contributed by atoms with E-state index in [9.17, 15) is 17.6 Å². The summed E-state index contributed by atoms with van der Waals surface area (Å²) in [4.78, 5) is 14.7. The molecule has 1 heterocycles. The van der Waals surface area contributed by atoms with Crippen LogP contribution in [0.1, 0.15) is 25.3 Å². The van der Waals surface area contributed by atoms with Crippen LogP contribution in [0.5, 0.6) is 0 Å². The van der Waals surface area contributed by atoms with Crippen LogP contribution < -0.4 is 4.31 Å². The number of likely N-dealkylation sites (tertiary alicyclic amines) is 1. The van der Waals surface area contributed by atoms with Crippen molar-refractivity contribution in [1.29, 1.82) is 0 Å². The smallest absolute Gasteiger partial charge is 0.264 e. The molecule has 2 aromatic rings. The fourth-order valence-electron chi connectivity index (χ4n) is 3.40. The van der Waals surface area contributed by atoms with E-state index >= 15 is 0 Å². The molecular weight excluding hydrogens is 379 g/mol. The van der Waals surface area contributed by atoms with Gasteiger partial charge in [0.2, 0.25) is 5.91 Å². The van der Waals surface area contributed by atoms with Crippen molar-refractivity contribution in [3.63, 3.8) is 0 Å². The third kappa shape index (κ3) is 4.52.